The number of rotatable bonds is 12. The molecule has 37 heavy (non-hydrogen) atoms. The number of aromatic nitrogens is 1. The van der Waals surface area contributed by atoms with Crippen molar-refractivity contribution in [2.45, 2.75) is 38.6 Å². The number of hydrogen-bond acceptors (Lipinski definition) is 8. The number of amidine groups is 1. The highest BCUT2D eigenvalue weighted by molar-refractivity contribution is 7.16. The van der Waals surface area contributed by atoms with Crippen LogP contribution in [0.5, 0.6) is 0 Å². The van der Waals surface area contributed by atoms with Crippen LogP contribution < -0.4 is 21.0 Å². The molecule has 1 fully saturated rings. The normalized spacial score (nSPS) is 13.6. The number of thiazole rings is 1. The van der Waals surface area contributed by atoms with Gasteiger partial charge in [-0.25, -0.2) is 14.4 Å². The van der Waals surface area contributed by atoms with Crippen LogP contribution in [-0.4, -0.2) is 41.9 Å². The Labute approximate surface area is 220 Å². The van der Waals surface area contributed by atoms with Crippen LogP contribution in [-0.2, 0) is 4.79 Å². The van der Waals surface area contributed by atoms with Crippen LogP contribution in [0.15, 0.2) is 66.3 Å². The molecule has 1 saturated carbocycles. The van der Waals surface area contributed by atoms with Crippen LogP contribution in [0.4, 0.5) is 9.52 Å². The number of anilines is 1. The molecule has 1 aromatic heterocycles. The molecule has 3 N–H and O–H groups in total. The molecule has 3 rings (SSSR count). The quantitative estimate of drug-likeness (QED) is 0.218. The fourth-order valence-corrected chi connectivity index (χ4v) is 4.34. The fraction of sp³-hybridized carbons (Fsp3) is 0.308. The molecule has 194 valence electrons. The maximum Gasteiger partial charge on any atom is 0.227 e. The lowest BCUT2D eigenvalue weighted by Gasteiger charge is -2.29. The van der Waals surface area contributed by atoms with Crippen LogP contribution >= 0.6 is 11.3 Å². The molecule has 1 heterocycles. The van der Waals surface area contributed by atoms with Crippen molar-refractivity contribution in [3.8, 4) is 17.3 Å². The fourth-order valence-electron chi connectivity index (χ4n) is 3.48. The summed E-state index contributed by atoms with van der Waals surface area (Å²) in [6.07, 6.45) is 5.64. The van der Waals surface area contributed by atoms with Crippen molar-refractivity contribution in [1.29, 1.82) is 5.26 Å². The van der Waals surface area contributed by atoms with E-state index in [0.29, 0.717) is 39.3 Å². The first-order valence-electron chi connectivity index (χ1n) is 11.8. The Bertz CT molecular complexity index is 1240. The summed E-state index contributed by atoms with van der Waals surface area (Å²) in [5.41, 5.74) is 5.21. The Balaban J connectivity index is 1.89. The molecule has 1 aromatic carbocycles. The molecule has 0 aliphatic heterocycles. The lowest BCUT2D eigenvalue weighted by atomic mass is 10.1. The van der Waals surface area contributed by atoms with Crippen molar-refractivity contribution >= 4 is 28.2 Å². The zero-order valence-electron chi connectivity index (χ0n) is 21.2. The molecule has 1 aliphatic carbocycles. The van der Waals surface area contributed by atoms with Gasteiger partial charge in [0.1, 0.15) is 34.1 Å². The lowest BCUT2D eigenvalue weighted by Crippen LogP contribution is -2.43. The summed E-state index contributed by atoms with van der Waals surface area (Å²) < 4.78 is 13.4. The maximum absolute atomic E-state index is 13.4. The average Bonchev–Trinajstić information content (AvgIpc) is 3.59. The molecule has 0 unspecified atom stereocenters. The van der Waals surface area contributed by atoms with E-state index in [1.165, 1.54) is 29.7 Å². The highest BCUT2D eigenvalue weighted by atomic mass is 32.1. The van der Waals surface area contributed by atoms with Gasteiger partial charge in [0.15, 0.2) is 5.13 Å². The Morgan fingerprint density at radius 2 is 2.03 bits per heavy atom. The number of amides is 1. The summed E-state index contributed by atoms with van der Waals surface area (Å²) in [6.45, 7) is 9.44. The average molecular weight is 523 g/mol. The number of halogens is 1. The number of hydrogen-bond donors (Lipinski definition) is 3. The van der Waals surface area contributed by atoms with E-state index in [4.69, 9.17) is 0 Å². The van der Waals surface area contributed by atoms with E-state index in [1.807, 2.05) is 18.9 Å². The first-order valence-corrected chi connectivity index (χ1v) is 12.6. The molecular formula is C26H31FN8OS. The second kappa shape index (κ2) is 12.7. The van der Waals surface area contributed by atoms with E-state index in [2.05, 4.69) is 45.3 Å². The van der Waals surface area contributed by atoms with Gasteiger partial charge in [-0.2, -0.15) is 5.26 Å². The third-order valence-electron chi connectivity index (χ3n) is 5.53. The monoisotopic (exact) mass is 522 g/mol. The van der Waals surface area contributed by atoms with Gasteiger partial charge >= 0.3 is 0 Å². The molecule has 9 nitrogen and oxygen atoms in total. The predicted molar refractivity (Wildman–Crippen MR) is 146 cm³/mol. The van der Waals surface area contributed by atoms with E-state index in [9.17, 15) is 14.4 Å². The highest BCUT2D eigenvalue weighted by Crippen LogP contribution is 2.33. The van der Waals surface area contributed by atoms with E-state index < -0.39 is 0 Å². The summed E-state index contributed by atoms with van der Waals surface area (Å²) in [7, 11) is 3.59. The number of carbonyl (C=O) groups excluding carboxylic acids is 1. The first kappa shape index (κ1) is 27.4. The summed E-state index contributed by atoms with van der Waals surface area (Å²) in [4.78, 5) is 23.6. The van der Waals surface area contributed by atoms with Crippen LogP contribution in [0.25, 0.3) is 11.3 Å². The third-order valence-corrected chi connectivity index (χ3v) is 6.56. The van der Waals surface area contributed by atoms with Gasteiger partial charge in [-0.3, -0.25) is 15.2 Å². The van der Waals surface area contributed by atoms with Crippen LogP contribution in [0.2, 0.25) is 0 Å². The predicted octanol–water partition coefficient (Wildman–Crippen LogP) is 4.22. The van der Waals surface area contributed by atoms with Gasteiger partial charge < -0.3 is 15.5 Å². The molecule has 0 saturated heterocycles. The van der Waals surface area contributed by atoms with Gasteiger partial charge in [-0.1, -0.05) is 31.4 Å². The van der Waals surface area contributed by atoms with Crippen molar-refractivity contribution in [2.75, 3.05) is 19.0 Å². The minimum atomic E-state index is -0.359. The molecule has 0 radical (unpaired) electrons. The van der Waals surface area contributed by atoms with E-state index >= 15 is 0 Å². The van der Waals surface area contributed by atoms with E-state index in [-0.39, 0.29) is 24.2 Å². The van der Waals surface area contributed by atoms with Gasteiger partial charge in [0.25, 0.3) is 0 Å². The minimum absolute atomic E-state index is 0.0968. The van der Waals surface area contributed by atoms with Gasteiger partial charge in [0.2, 0.25) is 5.91 Å². The topological polar surface area (TPSA) is 109 Å². The third kappa shape index (κ3) is 7.17. The molecule has 0 bridgehead atoms. The highest BCUT2D eigenvalue weighted by Gasteiger charge is 2.25. The van der Waals surface area contributed by atoms with Crippen molar-refractivity contribution < 1.29 is 9.18 Å². The lowest BCUT2D eigenvalue weighted by molar-refractivity contribution is -0.120. The van der Waals surface area contributed by atoms with Gasteiger partial charge in [-0.05, 0) is 49.7 Å². The van der Waals surface area contributed by atoms with Crippen molar-refractivity contribution in [2.24, 2.45) is 4.99 Å². The second-order valence-electron chi connectivity index (χ2n) is 8.30. The SMILES string of the molecule is C=C/N=C(/CC(=O)NC1CC1)N(C)N/C(CC)=C(\NC=C)N(C)c1nc(-c2ccc(F)cc2)c(C#N)s1. The first-order chi connectivity index (χ1) is 17.8. The van der Waals surface area contributed by atoms with E-state index in [1.54, 1.807) is 30.4 Å². The molecule has 1 aliphatic rings. The summed E-state index contributed by atoms with van der Waals surface area (Å²) in [5, 5.41) is 18.1. The molecule has 11 heteroatoms. The number of nitrogens with one attached hydrogen (secondary N) is 3. The number of nitrogens with zero attached hydrogens (tertiary/aromatic N) is 5. The zero-order valence-corrected chi connectivity index (χ0v) is 22.0. The Hall–Kier alpha value is -4.17. The van der Waals surface area contributed by atoms with Gasteiger partial charge in [0, 0.05) is 31.9 Å². The smallest absolute Gasteiger partial charge is 0.227 e. The van der Waals surface area contributed by atoms with Gasteiger partial charge in [0.05, 0.1) is 12.1 Å². The molecular weight excluding hydrogens is 491 g/mol. The second-order valence-corrected chi connectivity index (χ2v) is 9.28. The van der Waals surface area contributed by atoms with Crippen LogP contribution in [0, 0.1) is 17.1 Å². The number of hydrazine groups is 1. The van der Waals surface area contributed by atoms with E-state index in [0.717, 1.165) is 18.5 Å². The van der Waals surface area contributed by atoms with Crippen molar-refractivity contribution in [3.63, 3.8) is 0 Å². The van der Waals surface area contributed by atoms with Crippen molar-refractivity contribution in [3.05, 3.63) is 72.0 Å². The Morgan fingerprint density at radius 3 is 2.59 bits per heavy atom. The number of allylic oxidation sites excluding steroid dienone is 1. The Kier molecular flexibility index (Phi) is 9.40. The minimum Gasteiger partial charge on any atom is -0.353 e. The summed E-state index contributed by atoms with van der Waals surface area (Å²) >= 11 is 1.22. The number of nitriles is 1. The molecule has 2 aromatic rings. The largest absolute Gasteiger partial charge is 0.353 e. The summed E-state index contributed by atoms with van der Waals surface area (Å²) in [6, 6.07) is 8.32. The van der Waals surface area contributed by atoms with Crippen molar-refractivity contribution in [1.82, 2.24) is 26.1 Å². The molecule has 1 amide bonds. The van der Waals surface area contributed by atoms with Crippen LogP contribution in [0.1, 0.15) is 37.5 Å². The maximum atomic E-state index is 13.4. The zero-order chi connectivity index (χ0) is 26.9. The summed E-state index contributed by atoms with van der Waals surface area (Å²) in [5.74, 6) is 0.691. The Morgan fingerprint density at radius 1 is 1.32 bits per heavy atom. The number of carbonyl (C=O) groups is 1. The number of benzene rings is 1. The standard InChI is InChI=1S/C26H31FN8OS/c1-6-20(33-35(5)22(29-7-2)15-23(36)31-19-13-14-19)25(30-8-3)34(4)26-32-24(21(16-28)37-26)17-9-11-18(27)12-10-17/h7-12,19,30,33H,2-3,6,13-15H2,1,4-5H3,(H,31,36)/b25-20+,29-22-. The number of aliphatic imine (C=N–C) groups is 1. The van der Waals surface area contributed by atoms with Gasteiger partial charge in [-0.15, -0.1) is 0 Å². The molecule has 0 atom stereocenters. The molecule has 0 spiro atoms. The van der Waals surface area contributed by atoms with Crippen LogP contribution in [0.3, 0.4) is 0 Å².